The smallest absolute Gasteiger partial charge is 0.245 e. The highest BCUT2D eigenvalue weighted by Gasteiger charge is 2.18. The molecule has 1 aliphatic heterocycles. The third-order valence-corrected chi connectivity index (χ3v) is 6.30. The van der Waals surface area contributed by atoms with Crippen LogP contribution in [0.4, 0.5) is 16.2 Å². The minimum Gasteiger partial charge on any atom is -0.506 e. The molecule has 1 fully saturated rings. The predicted molar refractivity (Wildman–Crippen MR) is 134 cm³/mol. The number of rotatable bonds is 6. The third kappa shape index (κ3) is 5.64. The Hall–Kier alpha value is -2.37. The molecule has 0 bridgehead atoms. The number of ether oxygens (including phenoxy) is 2. The highest BCUT2D eigenvalue weighted by atomic mass is 79.9. The van der Waals surface area contributed by atoms with Gasteiger partial charge in [0.25, 0.3) is 0 Å². The Balaban J connectivity index is 1.49. The molecule has 0 amide bonds. The summed E-state index contributed by atoms with van der Waals surface area (Å²) in [6.07, 6.45) is 2.38. The lowest BCUT2D eigenvalue weighted by Gasteiger charge is -2.27. The second kappa shape index (κ2) is 10.9. The van der Waals surface area contributed by atoms with E-state index in [-0.39, 0.29) is 39.1 Å². The highest BCUT2D eigenvalue weighted by Crippen LogP contribution is 2.42. The summed E-state index contributed by atoms with van der Waals surface area (Å²) in [7, 11) is 0. The molecule has 34 heavy (non-hydrogen) atoms. The average Bonchev–Trinajstić information content (AvgIpc) is 2.83. The van der Waals surface area contributed by atoms with Gasteiger partial charge in [-0.25, -0.2) is 14.8 Å². The van der Waals surface area contributed by atoms with Crippen molar-refractivity contribution in [2.24, 2.45) is 5.10 Å². The van der Waals surface area contributed by atoms with Gasteiger partial charge in [0, 0.05) is 23.1 Å². The van der Waals surface area contributed by atoms with Gasteiger partial charge in [-0.15, -0.1) is 0 Å². The van der Waals surface area contributed by atoms with Gasteiger partial charge in [0.2, 0.25) is 5.95 Å². The zero-order valence-electron chi connectivity index (χ0n) is 17.2. The van der Waals surface area contributed by atoms with Crippen molar-refractivity contribution in [3.63, 3.8) is 0 Å². The molecule has 2 aromatic carbocycles. The molecule has 178 valence electrons. The maximum Gasteiger partial charge on any atom is 0.245 e. The molecule has 1 saturated heterocycles. The Bertz CT molecular complexity index is 1240. The summed E-state index contributed by atoms with van der Waals surface area (Å²) in [5.74, 6) is -0.132. The lowest BCUT2D eigenvalue weighted by atomic mass is 10.2. The van der Waals surface area contributed by atoms with Crippen LogP contribution in [-0.2, 0) is 4.74 Å². The molecule has 4 rings (SSSR count). The van der Waals surface area contributed by atoms with Crippen LogP contribution in [0, 0.1) is 5.82 Å². The highest BCUT2D eigenvalue weighted by molar-refractivity contribution is 9.10. The summed E-state index contributed by atoms with van der Waals surface area (Å²) in [4.78, 5) is 9.83. The number of aromatic nitrogens is 2. The Morgan fingerprint density at radius 1 is 1.18 bits per heavy atom. The van der Waals surface area contributed by atoms with Gasteiger partial charge in [0.1, 0.15) is 27.3 Å². The summed E-state index contributed by atoms with van der Waals surface area (Å²) in [6, 6.07) is 6.32. The lowest BCUT2D eigenvalue weighted by Crippen LogP contribution is -2.37. The van der Waals surface area contributed by atoms with Crippen molar-refractivity contribution in [2.45, 2.75) is 0 Å². The molecule has 2 N–H and O–H groups in total. The Morgan fingerprint density at radius 2 is 1.94 bits per heavy atom. The second-order valence-corrected chi connectivity index (χ2v) is 9.03. The van der Waals surface area contributed by atoms with Crippen molar-refractivity contribution in [2.75, 3.05) is 36.6 Å². The maximum absolute atomic E-state index is 14.2. The number of hydrazone groups is 1. The van der Waals surface area contributed by atoms with Crippen LogP contribution in [0.3, 0.4) is 0 Å². The quantitative estimate of drug-likeness (QED) is 0.203. The number of hydrogen-bond acceptors (Lipinski definition) is 8. The first kappa shape index (κ1) is 24.7. The minimum absolute atomic E-state index is 0.0521. The van der Waals surface area contributed by atoms with Gasteiger partial charge in [-0.2, -0.15) is 10.1 Å². The summed E-state index contributed by atoms with van der Waals surface area (Å²) in [6.45, 7) is 2.03. The standard InChI is InChI=1S/C21H16BrCl3FN5O3/c22-12-7-13(23)17(24)16(8-12)34-15-2-1-11(19(32)18(15)25)9-28-30-21-27-10-14(26)20(29-21)31-3-5-33-6-4-31/h1-2,7-10,32H,3-6H2,(H,27,29,30)/b28-9-. The molecule has 0 atom stereocenters. The molecule has 0 aliphatic carbocycles. The fourth-order valence-electron chi connectivity index (χ4n) is 3.04. The van der Waals surface area contributed by atoms with E-state index in [0.717, 1.165) is 6.20 Å². The van der Waals surface area contributed by atoms with Crippen molar-refractivity contribution in [3.8, 4) is 17.2 Å². The molecule has 0 spiro atoms. The summed E-state index contributed by atoms with van der Waals surface area (Å²) >= 11 is 21.8. The van der Waals surface area contributed by atoms with Crippen LogP contribution in [0.2, 0.25) is 15.1 Å². The van der Waals surface area contributed by atoms with Gasteiger partial charge in [-0.05, 0) is 24.3 Å². The van der Waals surface area contributed by atoms with Gasteiger partial charge in [0.05, 0.1) is 30.6 Å². The number of phenols is 1. The zero-order chi connectivity index (χ0) is 24.2. The first-order chi connectivity index (χ1) is 16.3. The van der Waals surface area contributed by atoms with Gasteiger partial charge in [-0.1, -0.05) is 50.7 Å². The van der Waals surface area contributed by atoms with Gasteiger partial charge in [0.15, 0.2) is 11.6 Å². The molecule has 1 aliphatic rings. The number of hydrogen-bond donors (Lipinski definition) is 2. The predicted octanol–water partition coefficient (Wildman–Crippen LogP) is 6.12. The summed E-state index contributed by atoms with van der Waals surface area (Å²) < 4.78 is 25.8. The molecule has 0 radical (unpaired) electrons. The molecule has 13 heteroatoms. The third-order valence-electron chi connectivity index (χ3n) is 4.70. The van der Waals surface area contributed by atoms with Crippen molar-refractivity contribution in [3.05, 3.63) is 61.4 Å². The molecule has 8 nitrogen and oxygen atoms in total. The number of phenolic OH excluding ortho intramolecular Hbond substituents is 1. The van der Waals surface area contributed by atoms with Crippen LogP contribution in [0.15, 0.2) is 40.0 Å². The SMILES string of the molecule is Oc1c(/C=N\Nc2ncc(F)c(N3CCOCC3)n2)ccc(Oc2cc(Br)cc(Cl)c2Cl)c1Cl. The molecule has 3 aromatic rings. The largest absolute Gasteiger partial charge is 0.506 e. The number of nitrogens with one attached hydrogen (secondary N) is 1. The molecular formula is C21H16BrCl3FN5O3. The Kier molecular flexibility index (Phi) is 7.95. The van der Waals surface area contributed by atoms with E-state index < -0.39 is 5.82 Å². The van der Waals surface area contributed by atoms with E-state index in [1.807, 2.05) is 0 Å². The van der Waals surface area contributed by atoms with Crippen LogP contribution >= 0.6 is 50.7 Å². The van der Waals surface area contributed by atoms with Crippen LogP contribution in [-0.4, -0.2) is 47.6 Å². The maximum atomic E-state index is 14.2. The number of benzene rings is 2. The van der Waals surface area contributed by atoms with E-state index in [1.54, 1.807) is 29.2 Å². The van der Waals surface area contributed by atoms with Gasteiger partial charge >= 0.3 is 0 Å². The van der Waals surface area contributed by atoms with E-state index in [0.29, 0.717) is 41.4 Å². The van der Waals surface area contributed by atoms with Crippen LogP contribution in [0.5, 0.6) is 17.2 Å². The number of anilines is 2. The Morgan fingerprint density at radius 3 is 2.71 bits per heavy atom. The van der Waals surface area contributed by atoms with Crippen LogP contribution in [0.25, 0.3) is 0 Å². The monoisotopic (exact) mass is 589 g/mol. The van der Waals surface area contributed by atoms with Crippen LogP contribution < -0.4 is 15.1 Å². The molecule has 1 aromatic heterocycles. The Labute approximate surface area is 217 Å². The summed E-state index contributed by atoms with van der Waals surface area (Å²) in [5.41, 5.74) is 2.91. The second-order valence-electron chi connectivity index (χ2n) is 6.95. The normalized spacial score (nSPS) is 14.0. The first-order valence-corrected chi connectivity index (χ1v) is 11.7. The van der Waals surface area contributed by atoms with E-state index in [9.17, 15) is 9.50 Å². The average molecular weight is 592 g/mol. The molecular weight excluding hydrogens is 576 g/mol. The van der Waals surface area contributed by atoms with E-state index >= 15 is 0 Å². The molecule has 0 unspecified atom stereocenters. The van der Waals surface area contributed by atoms with Crippen molar-refractivity contribution < 1.29 is 19.0 Å². The number of aromatic hydroxyl groups is 1. The first-order valence-electron chi connectivity index (χ1n) is 9.81. The van der Waals surface area contributed by atoms with E-state index in [2.05, 4.69) is 36.4 Å². The minimum atomic E-state index is -0.539. The van der Waals surface area contributed by atoms with E-state index in [4.69, 9.17) is 44.3 Å². The fourth-order valence-corrected chi connectivity index (χ4v) is 4.18. The zero-order valence-corrected chi connectivity index (χ0v) is 21.1. The lowest BCUT2D eigenvalue weighted by molar-refractivity contribution is 0.122. The van der Waals surface area contributed by atoms with Gasteiger partial charge < -0.3 is 19.5 Å². The van der Waals surface area contributed by atoms with E-state index in [1.165, 1.54) is 6.21 Å². The summed E-state index contributed by atoms with van der Waals surface area (Å²) in [5, 5.41) is 14.9. The molecule has 0 saturated carbocycles. The number of morpholine rings is 1. The number of halogens is 5. The topological polar surface area (TPSA) is 92.1 Å². The van der Waals surface area contributed by atoms with Crippen molar-refractivity contribution in [1.29, 1.82) is 0 Å². The van der Waals surface area contributed by atoms with Crippen molar-refractivity contribution in [1.82, 2.24) is 9.97 Å². The van der Waals surface area contributed by atoms with Gasteiger partial charge in [-0.3, -0.25) is 0 Å². The van der Waals surface area contributed by atoms with Crippen LogP contribution in [0.1, 0.15) is 5.56 Å². The molecule has 2 heterocycles. The van der Waals surface area contributed by atoms with Crippen molar-refractivity contribution >= 4 is 68.7 Å². The number of nitrogens with zero attached hydrogens (tertiary/aromatic N) is 4. The fraction of sp³-hybridized carbons (Fsp3) is 0.190.